The summed E-state index contributed by atoms with van der Waals surface area (Å²) < 4.78 is 16.4. The van der Waals surface area contributed by atoms with Crippen LogP contribution in [0, 0.1) is 0 Å². The zero-order valence-corrected chi connectivity index (χ0v) is 13.5. The summed E-state index contributed by atoms with van der Waals surface area (Å²) in [5, 5.41) is 0. The molecule has 4 heteroatoms. The molecule has 2 aliphatic heterocycles. The Morgan fingerprint density at radius 1 is 0.778 bits per heavy atom. The minimum absolute atomic E-state index is 0.624. The predicted octanol–water partition coefficient (Wildman–Crippen LogP) is 5.42. The Kier molecular flexibility index (Phi) is 4.31. The summed E-state index contributed by atoms with van der Waals surface area (Å²) in [7, 11) is 0. The zero-order valence-electron chi connectivity index (χ0n) is 12.2. The molecule has 0 aliphatic carbocycles. The zero-order chi connectivity index (χ0) is 14.1. The fraction of sp³-hybridized carbons (Fsp3) is 0.571. The van der Waals surface area contributed by atoms with Crippen molar-refractivity contribution in [2.24, 2.45) is 0 Å². The minimum Gasteiger partial charge on any atom is -0.143 e. The molecule has 0 N–H and O–H groups in total. The van der Waals surface area contributed by atoms with Gasteiger partial charge in [-0.3, -0.25) is 0 Å². The molecule has 0 radical (unpaired) electrons. The third-order valence-corrected chi connectivity index (χ3v) is 8.19. The second-order valence-electron chi connectivity index (χ2n) is 4.22. The van der Waals surface area contributed by atoms with Gasteiger partial charge in [-0.25, -0.2) is 0 Å². The highest BCUT2D eigenvalue weighted by atomic mass is 32.2. The van der Waals surface area contributed by atoms with E-state index in [1.807, 2.05) is 12.1 Å². The van der Waals surface area contributed by atoms with Gasteiger partial charge in [0.15, 0.2) is 0 Å². The van der Waals surface area contributed by atoms with Gasteiger partial charge in [-0.2, -0.15) is 0 Å². The van der Waals surface area contributed by atoms with Crippen LogP contribution < -0.4 is 0 Å². The van der Waals surface area contributed by atoms with E-state index < -0.39 is 9.12 Å². The van der Waals surface area contributed by atoms with Crippen LogP contribution in [-0.2, 0) is 0 Å². The first-order chi connectivity index (χ1) is 9.64. The summed E-state index contributed by atoms with van der Waals surface area (Å²) in [6.07, 6.45) is 2.38. The highest BCUT2D eigenvalue weighted by Gasteiger charge is 2.24. The lowest BCUT2D eigenvalue weighted by Gasteiger charge is -2.28. The largest absolute Gasteiger partial charge is 0.143 e. The molecule has 3 rings (SSSR count). The van der Waals surface area contributed by atoms with Crippen LogP contribution in [0.15, 0.2) is 24.3 Å². The molecule has 2 saturated heterocycles. The first kappa shape index (κ1) is 11.3. The molecule has 0 atom stereocenters. The third kappa shape index (κ3) is 3.20. The highest BCUT2D eigenvalue weighted by molar-refractivity contribution is 8.17. The van der Waals surface area contributed by atoms with Crippen LogP contribution in [0.4, 0.5) is 0 Å². The van der Waals surface area contributed by atoms with Crippen molar-refractivity contribution in [2.75, 3.05) is 23.0 Å². The number of hydrogen-bond donors (Lipinski definition) is 0. The molecule has 0 spiro atoms. The van der Waals surface area contributed by atoms with Crippen LogP contribution in [0.1, 0.15) is 35.8 Å². The van der Waals surface area contributed by atoms with Crippen molar-refractivity contribution in [1.82, 2.24) is 0 Å². The number of thioether (sulfide) groups is 4. The molecule has 18 heavy (non-hydrogen) atoms. The van der Waals surface area contributed by atoms with E-state index in [-0.39, 0.29) is 0 Å². The Morgan fingerprint density at radius 3 is 1.56 bits per heavy atom. The smallest absolute Gasteiger partial charge is 0.0754 e. The van der Waals surface area contributed by atoms with Crippen molar-refractivity contribution in [1.29, 1.82) is 0 Å². The van der Waals surface area contributed by atoms with Crippen LogP contribution >= 0.6 is 47.0 Å². The second kappa shape index (κ2) is 6.87. The minimum atomic E-state index is -0.624. The van der Waals surface area contributed by atoms with Crippen LogP contribution in [0.25, 0.3) is 0 Å². The van der Waals surface area contributed by atoms with E-state index in [4.69, 9.17) is 2.74 Å². The standard InChI is InChI=1S/C14H18S4/c1-2-6-12(14-17-9-4-10-18-14)11(5-1)13-15-7-3-8-16-13/h1-2,5-6,13-14H,3-4,7-10H2/i13D,14D. The molecule has 2 aliphatic rings. The van der Waals surface area contributed by atoms with E-state index in [2.05, 4.69) is 12.1 Å². The maximum absolute atomic E-state index is 8.83. The molecular weight excluding hydrogens is 296 g/mol. The summed E-state index contributed by atoms with van der Waals surface area (Å²) in [6, 6.07) is 8.18. The second-order valence-corrected chi connectivity index (χ2v) is 9.16. The van der Waals surface area contributed by atoms with Crippen LogP contribution in [0.2, 0.25) is 0 Å². The van der Waals surface area contributed by atoms with Crippen molar-refractivity contribution >= 4 is 47.0 Å². The SMILES string of the molecule is [2H]C1(c2ccccc2C2([2H])SCCCS2)SCCCS1. The van der Waals surface area contributed by atoms with E-state index >= 15 is 0 Å². The number of rotatable bonds is 2. The van der Waals surface area contributed by atoms with Gasteiger partial charge in [0.25, 0.3) is 0 Å². The monoisotopic (exact) mass is 316 g/mol. The average molecular weight is 317 g/mol. The molecule has 0 saturated carbocycles. The average Bonchev–Trinajstić information content (AvgIpc) is 2.49. The topological polar surface area (TPSA) is 0 Å². The van der Waals surface area contributed by atoms with Crippen molar-refractivity contribution in [2.45, 2.75) is 22.0 Å². The molecule has 2 heterocycles. The molecule has 0 unspecified atom stereocenters. The molecule has 0 amide bonds. The van der Waals surface area contributed by atoms with E-state index in [0.29, 0.717) is 0 Å². The Morgan fingerprint density at radius 2 is 1.17 bits per heavy atom. The number of benzene rings is 1. The van der Waals surface area contributed by atoms with Crippen molar-refractivity contribution in [3.8, 4) is 0 Å². The summed E-state index contributed by atoms with van der Waals surface area (Å²) >= 11 is 6.89. The Hall–Kier alpha value is 0.620. The third-order valence-electron chi connectivity index (χ3n) is 2.88. The maximum atomic E-state index is 8.83. The lowest BCUT2D eigenvalue weighted by atomic mass is 10.1. The molecule has 0 bridgehead atoms. The summed E-state index contributed by atoms with van der Waals surface area (Å²) in [5.74, 6) is 4.21. The summed E-state index contributed by atoms with van der Waals surface area (Å²) in [4.78, 5) is 0. The van der Waals surface area contributed by atoms with E-state index in [9.17, 15) is 0 Å². The summed E-state index contributed by atoms with van der Waals surface area (Å²) in [5.41, 5.74) is 2.10. The maximum Gasteiger partial charge on any atom is 0.0754 e. The molecule has 1 aromatic rings. The predicted molar refractivity (Wildman–Crippen MR) is 91.0 cm³/mol. The number of hydrogen-bond acceptors (Lipinski definition) is 4. The Balaban J connectivity index is 1.99. The summed E-state index contributed by atoms with van der Waals surface area (Å²) in [6.45, 7) is 0. The van der Waals surface area contributed by atoms with Gasteiger partial charge in [0.05, 0.1) is 11.9 Å². The lowest BCUT2D eigenvalue weighted by molar-refractivity contribution is 1.08. The van der Waals surface area contributed by atoms with Gasteiger partial charge in [0, 0.05) is 0 Å². The molecule has 1 aromatic carbocycles. The van der Waals surface area contributed by atoms with Gasteiger partial charge in [0.1, 0.15) is 0 Å². The first-order valence-electron chi connectivity index (χ1n) is 7.30. The highest BCUT2D eigenvalue weighted by Crippen LogP contribution is 2.51. The lowest BCUT2D eigenvalue weighted by Crippen LogP contribution is -2.07. The van der Waals surface area contributed by atoms with E-state index in [0.717, 1.165) is 34.1 Å². The normalized spacial score (nSPS) is 28.2. The van der Waals surface area contributed by atoms with Crippen LogP contribution in [-0.4, -0.2) is 23.0 Å². The van der Waals surface area contributed by atoms with Gasteiger partial charge >= 0.3 is 0 Å². The molecule has 0 aromatic heterocycles. The molecular formula is C14H18S4. The van der Waals surface area contributed by atoms with Gasteiger partial charge in [-0.05, 0) is 47.0 Å². The van der Waals surface area contributed by atoms with Crippen LogP contribution in [0.5, 0.6) is 0 Å². The Labute approximate surface area is 130 Å². The molecule has 0 nitrogen and oxygen atoms in total. The van der Waals surface area contributed by atoms with E-state index in [1.165, 1.54) is 12.8 Å². The van der Waals surface area contributed by atoms with Crippen molar-refractivity contribution in [3.05, 3.63) is 35.4 Å². The first-order valence-corrected chi connectivity index (χ1v) is 10.2. The van der Waals surface area contributed by atoms with Gasteiger partial charge in [0.2, 0.25) is 0 Å². The fourth-order valence-corrected chi connectivity index (χ4v) is 7.27. The van der Waals surface area contributed by atoms with Gasteiger partial charge < -0.3 is 0 Å². The molecule has 98 valence electrons. The van der Waals surface area contributed by atoms with E-state index in [1.54, 1.807) is 47.0 Å². The van der Waals surface area contributed by atoms with Crippen molar-refractivity contribution in [3.63, 3.8) is 0 Å². The van der Waals surface area contributed by atoms with Crippen LogP contribution in [0.3, 0.4) is 0 Å². The van der Waals surface area contributed by atoms with Gasteiger partial charge in [-0.15, -0.1) is 47.0 Å². The van der Waals surface area contributed by atoms with Gasteiger partial charge in [-0.1, -0.05) is 24.3 Å². The van der Waals surface area contributed by atoms with Crippen molar-refractivity contribution < 1.29 is 2.74 Å². The molecule has 2 fully saturated rings. The Bertz CT molecular complexity index is 425. The quantitative estimate of drug-likeness (QED) is 0.713. The fourth-order valence-electron chi connectivity index (χ4n) is 2.01.